The van der Waals surface area contributed by atoms with Crippen LogP contribution in [0.1, 0.15) is 61.2 Å². The molecule has 128 valence electrons. The van der Waals surface area contributed by atoms with E-state index in [9.17, 15) is 14.4 Å². The molecule has 6 nitrogen and oxygen atoms in total. The van der Waals surface area contributed by atoms with Gasteiger partial charge in [0.25, 0.3) is 5.91 Å². The van der Waals surface area contributed by atoms with E-state index >= 15 is 0 Å². The van der Waals surface area contributed by atoms with Gasteiger partial charge in [0.15, 0.2) is 0 Å². The summed E-state index contributed by atoms with van der Waals surface area (Å²) in [5, 5.41) is 11.3. The topological polar surface area (TPSA) is 90.3 Å². The molecule has 0 aromatic heterocycles. The van der Waals surface area contributed by atoms with E-state index in [4.69, 9.17) is 5.26 Å². The lowest BCUT2D eigenvalue weighted by molar-refractivity contribution is -0.136. The van der Waals surface area contributed by atoms with Crippen molar-refractivity contribution in [2.24, 2.45) is 0 Å². The first kappa shape index (κ1) is 19.4. The van der Waals surface area contributed by atoms with Crippen LogP contribution in [0.25, 0.3) is 0 Å². The molecule has 1 aromatic rings. The van der Waals surface area contributed by atoms with Crippen LogP contribution in [0.3, 0.4) is 0 Å². The van der Waals surface area contributed by atoms with Crippen molar-refractivity contribution in [2.75, 3.05) is 0 Å². The minimum atomic E-state index is -0.618. The molecule has 1 atom stereocenters. The van der Waals surface area contributed by atoms with E-state index < -0.39 is 11.9 Å². The first-order valence-corrected chi connectivity index (χ1v) is 7.69. The Bertz CT molecular complexity index is 719. The molecule has 1 N–H and O–H groups in total. The van der Waals surface area contributed by atoms with Crippen LogP contribution in [0.5, 0.6) is 0 Å². The monoisotopic (exact) mass is 329 g/mol. The van der Waals surface area contributed by atoms with Gasteiger partial charge in [0.05, 0.1) is 11.6 Å². The number of nitrogens with one attached hydrogen (secondary N) is 1. The fraction of sp³-hybridized carbons (Fsp3) is 0.444. The SMILES string of the molecule is C.CC.Cc1cc(C#N)cc2c1CN(C1CCC(=O)NC1=O)C2=O. The maximum absolute atomic E-state index is 12.5. The highest BCUT2D eigenvalue weighted by Crippen LogP contribution is 2.30. The number of amides is 3. The molecule has 2 aliphatic rings. The molecule has 1 aromatic carbocycles. The molecular formula is C18H23N3O3. The Hall–Kier alpha value is -2.68. The molecule has 0 aliphatic carbocycles. The van der Waals surface area contributed by atoms with Crippen LogP contribution in [-0.2, 0) is 16.1 Å². The predicted octanol–water partition coefficient (Wildman–Crippen LogP) is 2.29. The van der Waals surface area contributed by atoms with Gasteiger partial charge in [-0.15, -0.1) is 0 Å². The molecule has 1 unspecified atom stereocenters. The molecule has 24 heavy (non-hydrogen) atoms. The van der Waals surface area contributed by atoms with E-state index in [0.717, 1.165) is 11.1 Å². The Morgan fingerprint density at radius 3 is 2.50 bits per heavy atom. The lowest BCUT2D eigenvalue weighted by Crippen LogP contribution is -2.52. The highest BCUT2D eigenvalue weighted by molar-refractivity contribution is 6.05. The fourth-order valence-electron chi connectivity index (χ4n) is 2.91. The van der Waals surface area contributed by atoms with E-state index in [1.165, 1.54) is 4.90 Å². The van der Waals surface area contributed by atoms with Crippen molar-refractivity contribution in [3.8, 4) is 6.07 Å². The first-order valence-electron chi connectivity index (χ1n) is 7.69. The Morgan fingerprint density at radius 1 is 1.25 bits per heavy atom. The second-order valence-corrected chi connectivity index (χ2v) is 5.33. The quantitative estimate of drug-likeness (QED) is 0.800. The molecule has 0 radical (unpaired) electrons. The van der Waals surface area contributed by atoms with Crippen molar-refractivity contribution in [1.29, 1.82) is 5.26 Å². The third-order valence-corrected chi connectivity index (χ3v) is 4.01. The summed E-state index contributed by atoms with van der Waals surface area (Å²) in [7, 11) is 0. The number of nitrogens with zero attached hydrogens (tertiary/aromatic N) is 2. The van der Waals surface area contributed by atoms with E-state index in [1.807, 2.05) is 26.8 Å². The van der Waals surface area contributed by atoms with Gasteiger partial charge < -0.3 is 4.90 Å². The maximum atomic E-state index is 12.5. The second-order valence-electron chi connectivity index (χ2n) is 5.33. The molecule has 2 heterocycles. The van der Waals surface area contributed by atoms with Crippen molar-refractivity contribution < 1.29 is 14.4 Å². The summed E-state index contributed by atoms with van der Waals surface area (Å²) in [6, 6.07) is 4.72. The molecule has 0 bridgehead atoms. The summed E-state index contributed by atoms with van der Waals surface area (Å²) in [5.74, 6) is -0.978. The van der Waals surface area contributed by atoms with Gasteiger partial charge in [0, 0.05) is 18.5 Å². The van der Waals surface area contributed by atoms with Crippen LogP contribution in [0.2, 0.25) is 0 Å². The second kappa shape index (κ2) is 7.73. The van der Waals surface area contributed by atoms with Crippen LogP contribution in [0.15, 0.2) is 12.1 Å². The number of hydrogen-bond donors (Lipinski definition) is 1. The molecule has 6 heteroatoms. The van der Waals surface area contributed by atoms with Gasteiger partial charge in [0.2, 0.25) is 11.8 Å². The number of hydrogen-bond acceptors (Lipinski definition) is 4. The Labute approximate surface area is 142 Å². The molecular weight excluding hydrogens is 306 g/mol. The number of piperidine rings is 1. The first-order chi connectivity index (χ1) is 11.0. The van der Waals surface area contributed by atoms with Crippen LogP contribution >= 0.6 is 0 Å². The van der Waals surface area contributed by atoms with Gasteiger partial charge in [-0.05, 0) is 36.6 Å². The van der Waals surface area contributed by atoms with E-state index in [0.29, 0.717) is 24.1 Å². The zero-order chi connectivity index (χ0) is 17.1. The van der Waals surface area contributed by atoms with E-state index in [-0.39, 0.29) is 25.7 Å². The standard InChI is InChI=1S/C15H13N3O3.C2H6.CH4/c1-8-4-9(6-16)5-10-11(8)7-18(15(10)21)12-2-3-13(19)17-14(12)20;1-2;/h4-5,12H,2-3,7H2,1H3,(H,17,19,20);1-2H3;1H4. The van der Waals surface area contributed by atoms with Gasteiger partial charge >= 0.3 is 0 Å². The zero-order valence-corrected chi connectivity index (χ0v) is 13.5. The molecule has 3 amide bonds. The van der Waals surface area contributed by atoms with Crippen molar-refractivity contribution >= 4 is 17.7 Å². The van der Waals surface area contributed by atoms with Crippen molar-refractivity contribution in [2.45, 2.75) is 53.6 Å². The lowest BCUT2D eigenvalue weighted by Gasteiger charge is -2.29. The normalized spacial score (nSPS) is 18.7. The highest BCUT2D eigenvalue weighted by Gasteiger charge is 2.39. The molecule has 2 aliphatic heterocycles. The van der Waals surface area contributed by atoms with Gasteiger partial charge in [-0.3, -0.25) is 19.7 Å². The van der Waals surface area contributed by atoms with E-state index in [1.54, 1.807) is 12.1 Å². The summed E-state index contributed by atoms with van der Waals surface area (Å²) in [5.41, 5.74) is 2.64. The molecule has 3 rings (SSSR count). The number of carbonyl (C=O) groups excluding carboxylic acids is 3. The third kappa shape index (κ3) is 3.30. The predicted molar refractivity (Wildman–Crippen MR) is 90.0 cm³/mol. The molecule has 1 fully saturated rings. The number of fused-ring (bicyclic) bond motifs is 1. The molecule has 0 saturated carbocycles. The number of imide groups is 1. The maximum Gasteiger partial charge on any atom is 0.255 e. The van der Waals surface area contributed by atoms with Crippen molar-refractivity contribution in [3.63, 3.8) is 0 Å². The third-order valence-electron chi connectivity index (χ3n) is 4.01. The number of carbonyl (C=O) groups is 3. The Balaban J connectivity index is 0.000000925. The number of nitriles is 1. The molecule has 1 saturated heterocycles. The van der Waals surface area contributed by atoms with Gasteiger partial charge in [-0.25, -0.2) is 0 Å². The Morgan fingerprint density at radius 2 is 1.92 bits per heavy atom. The lowest BCUT2D eigenvalue weighted by atomic mass is 10.0. The van der Waals surface area contributed by atoms with Crippen LogP contribution in [0, 0.1) is 18.3 Å². The highest BCUT2D eigenvalue weighted by atomic mass is 16.2. The number of benzene rings is 1. The summed E-state index contributed by atoms with van der Waals surface area (Å²) in [4.78, 5) is 37.1. The Kier molecular flexibility index (Phi) is 6.24. The van der Waals surface area contributed by atoms with Gasteiger partial charge in [-0.2, -0.15) is 5.26 Å². The van der Waals surface area contributed by atoms with Gasteiger partial charge in [0.1, 0.15) is 6.04 Å². The summed E-state index contributed by atoms with van der Waals surface area (Å²) >= 11 is 0. The molecule has 0 spiro atoms. The van der Waals surface area contributed by atoms with Crippen molar-refractivity contribution in [1.82, 2.24) is 10.2 Å². The largest absolute Gasteiger partial charge is 0.322 e. The summed E-state index contributed by atoms with van der Waals surface area (Å²) < 4.78 is 0. The van der Waals surface area contributed by atoms with Crippen LogP contribution in [-0.4, -0.2) is 28.7 Å². The average Bonchev–Trinajstić information content (AvgIpc) is 2.87. The van der Waals surface area contributed by atoms with E-state index in [2.05, 4.69) is 5.32 Å². The smallest absolute Gasteiger partial charge is 0.255 e. The van der Waals surface area contributed by atoms with Crippen molar-refractivity contribution in [3.05, 3.63) is 34.4 Å². The average molecular weight is 329 g/mol. The zero-order valence-electron chi connectivity index (χ0n) is 13.5. The van der Waals surface area contributed by atoms with Crippen LogP contribution < -0.4 is 5.32 Å². The minimum Gasteiger partial charge on any atom is -0.322 e. The fourth-order valence-corrected chi connectivity index (χ4v) is 2.91. The summed E-state index contributed by atoms with van der Waals surface area (Å²) in [6.45, 7) is 6.19. The van der Waals surface area contributed by atoms with Crippen LogP contribution in [0.4, 0.5) is 0 Å². The number of rotatable bonds is 1. The number of aryl methyl sites for hydroxylation is 1. The minimum absolute atomic E-state index is 0. The van der Waals surface area contributed by atoms with Gasteiger partial charge in [-0.1, -0.05) is 21.3 Å². The summed E-state index contributed by atoms with van der Waals surface area (Å²) in [6.07, 6.45) is 0.577.